The Morgan fingerprint density at radius 1 is 1.29 bits per heavy atom. The van der Waals surface area contributed by atoms with Gasteiger partial charge in [-0.1, -0.05) is 0 Å². The molecule has 2 heterocycles. The molecule has 7 heteroatoms. The number of aliphatic hydroxyl groups is 4. The molecule has 2 saturated heterocycles. The number of piperidine rings is 1. The molecule has 2 aliphatic rings. The van der Waals surface area contributed by atoms with Crippen molar-refractivity contribution in [3.63, 3.8) is 0 Å². The van der Waals surface area contributed by atoms with Crippen molar-refractivity contribution in [2.75, 3.05) is 20.3 Å². The molecule has 17 heavy (non-hydrogen) atoms. The number of fused-ring (bicyclic) bond motifs is 1. The van der Waals surface area contributed by atoms with E-state index in [2.05, 4.69) is 5.32 Å². The molecule has 0 radical (unpaired) electrons. The van der Waals surface area contributed by atoms with Crippen LogP contribution in [0.4, 0.5) is 0 Å². The topological polar surface area (TPSA) is 111 Å². The largest absolute Gasteiger partial charge is 0.394 e. The molecule has 2 rings (SSSR count). The second-order valence-electron chi connectivity index (χ2n) is 4.52. The minimum atomic E-state index is -1.03. The maximum absolute atomic E-state index is 9.99. The van der Waals surface area contributed by atoms with E-state index in [9.17, 15) is 15.3 Å². The fourth-order valence-corrected chi connectivity index (χ4v) is 2.60. The minimum absolute atomic E-state index is 0.188. The molecule has 0 amide bonds. The fraction of sp³-hybridized carbons (Fsp3) is 1.00. The highest BCUT2D eigenvalue weighted by Gasteiger charge is 2.51. The van der Waals surface area contributed by atoms with Crippen LogP contribution in [0.5, 0.6) is 0 Å². The smallest absolute Gasteiger partial charge is 0.164 e. The molecular formula is C10H19NO6. The van der Waals surface area contributed by atoms with Crippen molar-refractivity contribution < 1.29 is 29.9 Å². The lowest BCUT2D eigenvalue weighted by Crippen LogP contribution is -2.69. The Balaban J connectivity index is 2.20. The summed E-state index contributed by atoms with van der Waals surface area (Å²) in [6, 6.07) is -0.468. The molecule has 7 atom stereocenters. The van der Waals surface area contributed by atoms with Gasteiger partial charge in [0.15, 0.2) is 6.29 Å². The SMILES string of the molecule is CO[C@H]1O[C@H](CO)[C@@H](O)[C@@H]2NC[C@H](O)[C@H](O)[C@@H]12. The quantitative estimate of drug-likeness (QED) is 0.355. The Morgan fingerprint density at radius 2 is 2.00 bits per heavy atom. The van der Waals surface area contributed by atoms with Gasteiger partial charge in [0.25, 0.3) is 0 Å². The van der Waals surface area contributed by atoms with E-state index in [-0.39, 0.29) is 13.2 Å². The summed E-state index contributed by atoms with van der Waals surface area (Å²) in [4.78, 5) is 0. The van der Waals surface area contributed by atoms with Crippen molar-refractivity contribution in [1.29, 1.82) is 0 Å². The molecule has 0 spiro atoms. The van der Waals surface area contributed by atoms with Crippen LogP contribution in [-0.2, 0) is 9.47 Å². The van der Waals surface area contributed by atoms with E-state index < -0.39 is 42.7 Å². The summed E-state index contributed by atoms with van der Waals surface area (Å²) in [7, 11) is 1.42. The van der Waals surface area contributed by atoms with Gasteiger partial charge in [-0.2, -0.15) is 0 Å². The first kappa shape index (κ1) is 13.2. The van der Waals surface area contributed by atoms with Gasteiger partial charge in [-0.05, 0) is 0 Å². The van der Waals surface area contributed by atoms with Gasteiger partial charge in [0.1, 0.15) is 6.10 Å². The number of nitrogens with one attached hydrogen (secondary N) is 1. The van der Waals surface area contributed by atoms with Crippen LogP contribution in [0.3, 0.4) is 0 Å². The molecule has 5 N–H and O–H groups in total. The number of aliphatic hydroxyl groups excluding tert-OH is 4. The first-order valence-electron chi connectivity index (χ1n) is 5.66. The van der Waals surface area contributed by atoms with Crippen LogP contribution in [0.25, 0.3) is 0 Å². The van der Waals surface area contributed by atoms with Gasteiger partial charge in [0, 0.05) is 19.7 Å². The van der Waals surface area contributed by atoms with Gasteiger partial charge in [0.05, 0.1) is 30.8 Å². The molecule has 0 aromatic rings. The van der Waals surface area contributed by atoms with Crippen LogP contribution in [-0.4, -0.2) is 77.4 Å². The number of methoxy groups -OCH3 is 1. The second-order valence-corrected chi connectivity index (χ2v) is 4.52. The fourth-order valence-electron chi connectivity index (χ4n) is 2.60. The highest BCUT2D eigenvalue weighted by atomic mass is 16.7. The Morgan fingerprint density at radius 3 is 2.59 bits per heavy atom. The van der Waals surface area contributed by atoms with Crippen LogP contribution in [0.1, 0.15) is 0 Å². The third-order valence-electron chi connectivity index (χ3n) is 3.55. The molecule has 0 aliphatic carbocycles. The van der Waals surface area contributed by atoms with E-state index in [0.29, 0.717) is 0 Å². The molecule has 0 aromatic heterocycles. The van der Waals surface area contributed by atoms with Crippen LogP contribution in [0.2, 0.25) is 0 Å². The monoisotopic (exact) mass is 249 g/mol. The van der Waals surface area contributed by atoms with Gasteiger partial charge in [-0.3, -0.25) is 0 Å². The van der Waals surface area contributed by atoms with Gasteiger partial charge < -0.3 is 35.2 Å². The van der Waals surface area contributed by atoms with Crippen molar-refractivity contribution in [2.24, 2.45) is 5.92 Å². The lowest BCUT2D eigenvalue weighted by Gasteiger charge is -2.49. The van der Waals surface area contributed by atoms with Crippen LogP contribution in [0, 0.1) is 5.92 Å². The number of rotatable bonds is 2. The van der Waals surface area contributed by atoms with Crippen molar-refractivity contribution in [1.82, 2.24) is 5.32 Å². The Kier molecular flexibility index (Phi) is 3.99. The standard InChI is InChI=1S/C10H19NO6/c1-16-10-6-7(9(15)5(3-12)17-10)11-2-4(13)8(6)14/h4-15H,2-3H2,1H3/t4-,5+,6-,7+,8-,9+,10-/m0/s1. The lowest BCUT2D eigenvalue weighted by atomic mass is 9.79. The van der Waals surface area contributed by atoms with Crippen molar-refractivity contribution in [2.45, 2.75) is 36.7 Å². The average Bonchev–Trinajstić information content (AvgIpc) is 2.34. The first-order valence-corrected chi connectivity index (χ1v) is 5.66. The number of β-amino-alcohol motifs (C(OH)–C–C–N with tert-alkyl or cyclic N) is 1. The minimum Gasteiger partial charge on any atom is -0.394 e. The van der Waals surface area contributed by atoms with E-state index in [4.69, 9.17) is 14.6 Å². The van der Waals surface area contributed by atoms with Crippen LogP contribution in [0.15, 0.2) is 0 Å². The molecule has 2 fully saturated rings. The zero-order valence-electron chi connectivity index (χ0n) is 9.56. The zero-order chi connectivity index (χ0) is 12.6. The predicted octanol–water partition coefficient (Wildman–Crippen LogP) is -2.98. The highest BCUT2D eigenvalue weighted by molar-refractivity contribution is 5.01. The predicted molar refractivity (Wildman–Crippen MR) is 56.1 cm³/mol. The van der Waals surface area contributed by atoms with E-state index in [1.165, 1.54) is 7.11 Å². The summed E-state index contributed by atoms with van der Waals surface area (Å²) < 4.78 is 10.5. The summed E-state index contributed by atoms with van der Waals surface area (Å²) in [5.41, 5.74) is 0. The van der Waals surface area contributed by atoms with Gasteiger partial charge >= 0.3 is 0 Å². The average molecular weight is 249 g/mol. The molecule has 0 unspecified atom stereocenters. The lowest BCUT2D eigenvalue weighted by molar-refractivity contribution is -0.283. The van der Waals surface area contributed by atoms with Crippen molar-refractivity contribution in [3.05, 3.63) is 0 Å². The van der Waals surface area contributed by atoms with E-state index in [1.54, 1.807) is 0 Å². The van der Waals surface area contributed by atoms with Gasteiger partial charge in [-0.15, -0.1) is 0 Å². The number of hydrogen-bond acceptors (Lipinski definition) is 7. The van der Waals surface area contributed by atoms with Gasteiger partial charge in [-0.25, -0.2) is 0 Å². The third kappa shape index (κ3) is 2.19. The van der Waals surface area contributed by atoms with E-state index >= 15 is 0 Å². The Bertz CT molecular complexity index is 265. The van der Waals surface area contributed by atoms with Gasteiger partial charge in [0.2, 0.25) is 0 Å². The molecule has 7 nitrogen and oxygen atoms in total. The maximum Gasteiger partial charge on any atom is 0.164 e. The molecule has 2 aliphatic heterocycles. The Hall–Kier alpha value is -0.280. The normalized spacial score (nSPS) is 51.0. The number of ether oxygens (including phenoxy) is 2. The van der Waals surface area contributed by atoms with Crippen LogP contribution < -0.4 is 5.32 Å². The zero-order valence-corrected chi connectivity index (χ0v) is 9.56. The van der Waals surface area contributed by atoms with Crippen molar-refractivity contribution in [3.8, 4) is 0 Å². The van der Waals surface area contributed by atoms with Crippen LogP contribution >= 0.6 is 0 Å². The molecule has 100 valence electrons. The number of hydrogen-bond donors (Lipinski definition) is 5. The third-order valence-corrected chi connectivity index (χ3v) is 3.55. The highest BCUT2D eigenvalue weighted by Crippen LogP contribution is 2.32. The summed E-state index contributed by atoms with van der Waals surface area (Å²) >= 11 is 0. The molecule has 0 aromatic carbocycles. The summed E-state index contributed by atoms with van der Waals surface area (Å²) in [6.07, 6.45) is -4.41. The molecular weight excluding hydrogens is 230 g/mol. The second kappa shape index (κ2) is 5.15. The molecule has 0 bridgehead atoms. The molecule has 0 saturated carbocycles. The van der Waals surface area contributed by atoms with Crippen molar-refractivity contribution >= 4 is 0 Å². The van der Waals surface area contributed by atoms with E-state index in [1.807, 2.05) is 0 Å². The summed E-state index contributed by atoms with van der Waals surface area (Å²) in [5, 5.41) is 41.5. The Labute approximate surface area is 99.0 Å². The van der Waals surface area contributed by atoms with E-state index in [0.717, 1.165) is 0 Å². The summed E-state index contributed by atoms with van der Waals surface area (Å²) in [6.45, 7) is -0.140. The maximum atomic E-state index is 9.99. The first-order chi connectivity index (χ1) is 8.10. The summed E-state index contributed by atoms with van der Waals surface area (Å²) in [5.74, 6) is -0.568.